The summed E-state index contributed by atoms with van der Waals surface area (Å²) in [5, 5.41) is 14.8. The summed E-state index contributed by atoms with van der Waals surface area (Å²) in [5.74, 6) is -1.11. The smallest absolute Gasteiger partial charge is 0.408 e. The molecule has 9 heteroatoms. The van der Waals surface area contributed by atoms with Crippen molar-refractivity contribution in [3.63, 3.8) is 0 Å². The number of rotatable bonds is 9. The van der Waals surface area contributed by atoms with Crippen LogP contribution >= 0.6 is 0 Å². The van der Waals surface area contributed by atoms with Gasteiger partial charge in [0.1, 0.15) is 12.6 Å². The number of carboxylic acid groups (broad SMARTS) is 1. The Morgan fingerprint density at radius 3 is 2.61 bits per heavy atom. The quantitative estimate of drug-likeness (QED) is 0.276. The highest BCUT2D eigenvalue weighted by molar-refractivity contribution is 5.79. The Morgan fingerprint density at radius 1 is 1.35 bits per heavy atom. The van der Waals surface area contributed by atoms with E-state index in [-0.39, 0.29) is 6.61 Å². The standard InChI is InChI=1S/C14H19N5O4/c15-8-2-1-3-12(13(20)21)17-14(22)23-9-10-4-6-11(7-5-10)18-19-16/h4-7,12H,1-3,8-9,15H2,(H,17,22)(H,20,21)/t12-/m0/s1. The summed E-state index contributed by atoms with van der Waals surface area (Å²) in [6.45, 7) is 0.458. The SMILES string of the molecule is [N-]=[N+]=Nc1ccc(COC(=O)N[C@@H](CCCCN)C(=O)O)cc1. The van der Waals surface area contributed by atoms with Crippen molar-refractivity contribution in [2.45, 2.75) is 31.9 Å². The molecule has 1 rings (SSSR count). The molecule has 0 unspecified atom stereocenters. The second-order valence-electron chi connectivity index (χ2n) is 4.75. The third-order valence-electron chi connectivity index (χ3n) is 3.00. The zero-order valence-electron chi connectivity index (χ0n) is 12.5. The molecule has 9 nitrogen and oxygen atoms in total. The van der Waals surface area contributed by atoms with Crippen molar-refractivity contribution in [1.82, 2.24) is 5.32 Å². The molecule has 0 spiro atoms. The van der Waals surface area contributed by atoms with E-state index in [1.165, 1.54) is 0 Å². The number of unbranched alkanes of at least 4 members (excludes halogenated alkanes) is 1. The highest BCUT2D eigenvalue weighted by Gasteiger charge is 2.19. The summed E-state index contributed by atoms with van der Waals surface area (Å²) in [4.78, 5) is 25.4. The molecule has 4 N–H and O–H groups in total. The van der Waals surface area contributed by atoms with Crippen molar-refractivity contribution in [2.24, 2.45) is 10.8 Å². The van der Waals surface area contributed by atoms with Crippen molar-refractivity contribution >= 4 is 17.7 Å². The molecule has 0 radical (unpaired) electrons. The Labute approximate surface area is 133 Å². The first-order chi connectivity index (χ1) is 11.1. The molecule has 1 amide bonds. The van der Waals surface area contributed by atoms with Crippen molar-refractivity contribution in [3.8, 4) is 0 Å². The first-order valence-corrected chi connectivity index (χ1v) is 7.07. The highest BCUT2D eigenvalue weighted by Crippen LogP contribution is 2.13. The van der Waals surface area contributed by atoms with E-state index in [2.05, 4.69) is 15.3 Å². The van der Waals surface area contributed by atoms with Gasteiger partial charge in [0, 0.05) is 10.6 Å². The maximum Gasteiger partial charge on any atom is 0.408 e. The molecule has 0 aliphatic carbocycles. The van der Waals surface area contributed by atoms with Crippen LogP contribution in [0.1, 0.15) is 24.8 Å². The van der Waals surface area contributed by atoms with Crippen LogP contribution in [0.4, 0.5) is 10.5 Å². The zero-order chi connectivity index (χ0) is 17.1. The van der Waals surface area contributed by atoms with Crippen LogP contribution < -0.4 is 11.1 Å². The van der Waals surface area contributed by atoms with Crippen LogP contribution in [0.25, 0.3) is 10.4 Å². The summed E-state index contributed by atoms with van der Waals surface area (Å²) >= 11 is 0. The lowest BCUT2D eigenvalue weighted by Gasteiger charge is -2.14. The number of nitrogens with two attached hydrogens (primary N) is 1. The Balaban J connectivity index is 2.44. The Morgan fingerprint density at radius 2 is 2.04 bits per heavy atom. The van der Waals surface area contributed by atoms with Gasteiger partial charge in [-0.2, -0.15) is 0 Å². The molecule has 0 fully saturated rings. The fourth-order valence-electron chi connectivity index (χ4n) is 1.79. The van der Waals surface area contributed by atoms with Crippen molar-refractivity contribution in [3.05, 3.63) is 40.3 Å². The summed E-state index contributed by atoms with van der Waals surface area (Å²) < 4.78 is 4.97. The first-order valence-electron chi connectivity index (χ1n) is 7.07. The zero-order valence-corrected chi connectivity index (χ0v) is 12.5. The number of carboxylic acids is 1. The van der Waals surface area contributed by atoms with Gasteiger partial charge < -0.3 is 20.9 Å². The molecule has 0 heterocycles. The van der Waals surface area contributed by atoms with E-state index >= 15 is 0 Å². The van der Waals surface area contributed by atoms with Crippen LogP contribution in [0, 0.1) is 0 Å². The van der Waals surface area contributed by atoms with Gasteiger partial charge in [-0.05, 0) is 36.9 Å². The maximum atomic E-state index is 11.6. The fourth-order valence-corrected chi connectivity index (χ4v) is 1.79. The summed E-state index contributed by atoms with van der Waals surface area (Å²) in [6, 6.07) is 5.47. The number of carbonyl (C=O) groups is 2. The van der Waals surface area contributed by atoms with E-state index in [0.717, 1.165) is 0 Å². The minimum Gasteiger partial charge on any atom is -0.480 e. The number of ether oxygens (including phenoxy) is 1. The van der Waals surface area contributed by atoms with Crippen molar-refractivity contribution < 1.29 is 19.4 Å². The van der Waals surface area contributed by atoms with Gasteiger partial charge in [0.2, 0.25) is 0 Å². The molecule has 0 saturated carbocycles. The summed E-state index contributed by atoms with van der Waals surface area (Å²) in [5.41, 5.74) is 14.8. The second-order valence-corrected chi connectivity index (χ2v) is 4.75. The van der Waals surface area contributed by atoms with Crippen LogP contribution in [-0.4, -0.2) is 29.8 Å². The average molecular weight is 321 g/mol. The lowest BCUT2D eigenvalue weighted by molar-refractivity contribution is -0.139. The van der Waals surface area contributed by atoms with Gasteiger partial charge >= 0.3 is 12.1 Å². The Bertz CT molecular complexity index is 569. The third kappa shape index (κ3) is 7.16. The lowest BCUT2D eigenvalue weighted by Crippen LogP contribution is -2.41. The van der Waals surface area contributed by atoms with Crippen molar-refractivity contribution in [2.75, 3.05) is 6.54 Å². The molecule has 0 aromatic heterocycles. The maximum absolute atomic E-state index is 11.6. The molecule has 0 saturated heterocycles. The van der Waals surface area contributed by atoms with Gasteiger partial charge in [-0.15, -0.1) is 0 Å². The predicted molar refractivity (Wildman–Crippen MR) is 82.9 cm³/mol. The number of benzene rings is 1. The van der Waals surface area contributed by atoms with E-state index < -0.39 is 18.1 Å². The number of nitrogens with one attached hydrogen (secondary N) is 1. The minimum absolute atomic E-state index is 0.0163. The second kappa shape index (κ2) is 10.0. The monoisotopic (exact) mass is 321 g/mol. The van der Waals surface area contributed by atoms with Crippen molar-refractivity contribution in [1.29, 1.82) is 0 Å². The molecule has 124 valence electrons. The number of aliphatic carboxylic acids is 1. The Kier molecular flexibility index (Phi) is 7.98. The van der Waals surface area contributed by atoms with Crippen LogP contribution in [-0.2, 0) is 16.1 Å². The van der Waals surface area contributed by atoms with E-state index in [4.69, 9.17) is 21.1 Å². The number of hydrogen-bond acceptors (Lipinski definition) is 5. The lowest BCUT2D eigenvalue weighted by atomic mass is 10.1. The number of alkyl carbamates (subject to hydrolysis) is 1. The van der Waals surface area contributed by atoms with Gasteiger partial charge in [0.05, 0.1) is 0 Å². The molecule has 23 heavy (non-hydrogen) atoms. The molecular formula is C14H19N5O4. The summed E-state index contributed by atoms with van der Waals surface area (Å²) in [7, 11) is 0. The minimum atomic E-state index is -1.11. The average Bonchev–Trinajstić information content (AvgIpc) is 2.53. The van der Waals surface area contributed by atoms with Crippen LogP contribution in [0.15, 0.2) is 29.4 Å². The molecular weight excluding hydrogens is 302 g/mol. The van der Waals surface area contributed by atoms with Gasteiger partial charge in [-0.3, -0.25) is 0 Å². The Hall–Kier alpha value is -2.77. The molecule has 1 aromatic rings. The van der Waals surface area contributed by atoms with Crippen LogP contribution in [0.3, 0.4) is 0 Å². The number of carbonyl (C=O) groups excluding carboxylic acids is 1. The van der Waals surface area contributed by atoms with E-state index in [1.807, 2.05) is 0 Å². The van der Waals surface area contributed by atoms with Crippen LogP contribution in [0.2, 0.25) is 0 Å². The first kappa shape index (κ1) is 18.3. The molecule has 0 aliphatic heterocycles. The van der Waals surface area contributed by atoms with Gasteiger partial charge in [-0.1, -0.05) is 29.4 Å². The normalized spacial score (nSPS) is 11.2. The predicted octanol–water partition coefficient (Wildman–Crippen LogP) is 2.44. The highest BCUT2D eigenvalue weighted by atomic mass is 16.5. The number of amides is 1. The molecule has 1 atom stereocenters. The van der Waals surface area contributed by atoms with E-state index in [9.17, 15) is 9.59 Å². The van der Waals surface area contributed by atoms with Gasteiger partial charge in [0.25, 0.3) is 0 Å². The molecule has 0 bridgehead atoms. The third-order valence-corrected chi connectivity index (χ3v) is 3.00. The summed E-state index contributed by atoms with van der Waals surface area (Å²) in [6.07, 6.45) is 0.791. The van der Waals surface area contributed by atoms with E-state index in [0.29, 0.717) is 37.1 Å². The van der Waals surface area contributed by atoms with E-state index in [1.54, 1.807) is 24.3 Å². The molecule has 0 aliphatic rings. The van der Waals surface area contributed by atoms with Crippen LogP contribution in [0.5, 0.6) is 0 Å². The fraction of sp³-hybridized carbons (Fsp3) is 0.429. The van der Waals surface area contributed by atoms with Gasteiger partial charge in [0.15, 0.2) is 0 Å². The van der Waals surface area contributed by atoms with Gasteiger partial charge in [-0.25, -0.2) is 9.59 Å². The molecule has 1 aromatic carbocycles. The topological polar surface area (TPSA) is 150 Å². The number of nitrogens with zero attached hydrogens (tertiary/aromatic N) is 3. The largest absolute Gasteiger partial charge is 0.480 e. The number of azide groups is 1. The number of hydrogen-bond donors (Lipinski definition) is 3.